The van der Waals surface area contributed by atoms with E-state index in [4.69, 9.17) is 4.74 Å². The normalized spacial score (nSPS) is 20.9. The van der Waals surface area contributed by atoms with Crippen molar-refractivity contribution in [3.63, 3.8) is 0 Å². The summed E-state index contributed by atoms with van der Waals surface area (Å²) in [5.41, 5.74) is 0. The van der Waals surface area contributed by atoms with Gasteiger partial charge in [0.25, 0.3) is 0 Å². The Balaban J connectivity index is 2.00. The Morgan fingerprint density at radius 1 is 1.33 bits per heavy atom. The van der Waals surface area contributed by atoms with Gasteiger partial charge in [0.1, 0.15) is 0 Å². The first kappa shape index (κ1) is 9.33. The lowest BCUT2D eigenvalue weighted by Gasteiger charge is -2.14. The Labute approximate surface area is 74.3 Å². The summed E-state index contributed by atoms with van der Waals surface area (Å²) in [5.74, 6) is 0. The van der Waals surface area contributed by atoms with Gasteiger partial charge in [0.05, 0.1) is 0 Å². The van der Waals surface area contributed by atoms with Crippen LogP contribution in [0.3, 0.4) is 0 Å². The topological polar surface area (TPSA) is 21.3 Å². The van der Waals surface area contributed by atoms with Gasteiger partial charge < -0.3 is 10.1 Å². The van der Waals surface area contributed by atoms with E-state index in [0.717, 1.165) is 13.0 Å². The van der Waals surface area contributed by atoms with Gasteiger partial charge in [0.2, 0.25) is 0 Å². The van der Waals surface area contributed by atoms with Crippen molar-refractivity contribution in [2.45, 2.75) is 25.3 Å². The molecule has 68 valence electrons. The van der Waals surface area contributed by atoms with E-state index in [0.29, 0.717) is 6.04 Å². The van der Waals surface area contributed by atoms with E-state index in [2.05, 4.69) is 17.5 Å². The molecule has 1 rings (SSSR count). The van der Waals surface area contributed by atoms with Crippen molar-refractivity contribution in [1.29, 1.82) is 0 Å². The molecule has 2 nitrogen and oxygen atoms in total. The highest BCUT2D eigenvalue weighted by Gasteiger charge is 2.02. The fraction of sp³-hybridized carbons (Fsp3) is 0.600. The quantitative estimate of drug-likeness (QED) is 0.631. The fourth-order valence-electron chi connectivity index (χ4n) is 1.28. The Bertz CT molecular complexity index is 163. The van der Waals surface area contributed by atoms with Gasteiger partial charge in [0.15, 0.2) is 0 Å². The lowest BCUT2D eigenvalue weighted by atomic mass is 10.1. The molecular formula is C10H17NO. The molecule has 0 aromatic heterocycles. The average molecular weight is 167 g/mol. The van der Waals surface area contributed by atoms with E-state index >= 15 is 0 Å². The fourth-order valence-corrected chi connectivity index (χ4v) is 1.28. The second kappa shape index (κ2) is 5.84. The molecule has 1 heterocycles. The van der Waals surface area contributed by atoms with Crippen LogP contribution in [0.5, 0.6) is 0 Å². The van der Waals surface area contributed by atoms with Crippen LogP contribution in [0.15, 0.2) is 24.4 Å². The van der Waals surface area contributed by atoms with Crippen LogP contribution in [0.4, 0.5) is 0 Å². The monoisotopic (exact) mass is 167 g/mol. The largest absolute Gasteiger partial charge is 0.385 e. The SMILES string of the molecule is COCCCCC1C=CC=CN1. The van der Waals surface area contributed by atoms with Crippen molar-refractivity contribution in [1.82, 2.24) is 5.32 Å². The molecule has 0 saturated carbocycles. The van der Waals surface area contributed by atoms with Crippen molar-refractivity contribution in [2.24, 2.45) is 0 Å². The van der Waals surface area contributed by atoms with Gasteiger partial charge in [-0.05, 0) is 31.5 Å². The molecule has 1 N–H and O–H groups in total. The molecule has 1 aliphatic rings. The molecule has 0 bridgehead atoms. The van der Waals surface area contributed by atoms with Gasteiger partial charge >= 0.3 is 0 Å². The summed E-state index contributed by atoms with van der Waals surface area (Å²) in [7, 11) is 1.75. The maximum Gasteiger partial charge on any atom is 0.0462 e. The van der Waals surface area contributed by atoms with Gasteiger partial charge in [-0.25, -0.2) is 0 Å². The van der Waals surface area contributed by atoms with Crippen LogP contribution in [0.2, 0.25) is 0 Å². The van der Waals surface area contributed by atoms with E-state index in [1.807, 2.05) is 12.3 Å². The first-order chi connectivity index (χ1) is 5.93. The molecule has 12 heavy (non-hydrogen) atoms. The Kier molecular flexibility index (Phi) is 4.54. The molecule has 1 unspecified atom stereocenters. The summed E-state index contributed by atoms with van der Waals surface area (Å²) in [6, 6.07) is 0.534. The minimum absolute atomic E-state index is 0.534. The van der Waals surface area contributed by atoms with Gasteiger partial charge in [0, 0.05) is 19.8 Å². The smallest absolute Gasteiger partial charge is 0.0462 e. The standard InChI is InChI=1S/C10H17NO/c1-12-9-5-3-7-10-6-2-4-8-11-10/h2,4,6,8,10-11H,3,5,7,9H2,1H3. The Morgan fingerprint density at radius 2 is 2.25 bits per heavy atom. The van der Waals surface area contributed by atoms with Gasteiger partial charge in [-0.1, -0.05) is 12.2 Å². The number of rotatable bonds is 5. The third kappa shape index (κ3) is 3.58. The van der Waals surface area contributed by atoms with E-state index in [1.54, 1.807) is 7.11 Å². The zero-order valence-electron chi connectivity index (χ0n) is 7.62. The van der Waals surface area contributed by atoms with Crippen molar-refractivity contribution < 1.29 is 4.74 Å². The maximum absolute atomic E-state index is 4.98. The summed E-state index contributed by atoms with van der Waals surface area (Å²) in [6.07, 6.45) is 11.9. The molecule has 0 aromatic carbocycles. The van der Waals surface area contributed by atoms with Crippen molar-refractivity contribution in [2.75, 3.05) is 13.7 Å². The molecule has 1 atom stereocenters. The number of hydrogen-bond acceptors (Lipinski definition) is 2. The molecule has 1 aliphatic heterocycles. The van der Waals surface area contributed by atoms with E-state index in [9.17, 15) is 0 Å². The summed E-state index contributed by atoms with van der Waals surface area (Å²) < 4.78 is 4.98. The number of allylic oxidation sites excluding steroid dienone is 2. The van der Waals surface area contributed by atoms with Crippen LogP contribution >= 0.6 is 0 Å². The average Bonchev–Trinajstić information content (AvgIpc) is 2.14. The van der Waals surface area contributed by atoms with E-state index in [-0.39, 0.29) is 0 Å². The zero-order chi connectivity index (χ0) is 8.65. The van der Waals surface area contributed by atoms with Crippen LogP contribution in [-0.2, 0) is 4.74 Å². The lowest BCUT2D eigenvalue weighted by Crippen LogP contribution is -2.23. The Morgan fingerprint density at radius 3 is 2.92 bits per heavy atom. The van der Waals surface area contributed by atoms with Crippen LogP contribution in [0.1, 0.15) is 19.3 Å². The molecule has 0 radical (unpaired) electrons. The molecule has 0 spiro atoms. The molecular weight excluding hydrogens is 150 g/mol. The maximum atomic E-state index is 4.98. The summed E-state index contributed by atoms with van der Waals surface area (Å²) in [4.78, 5) is 0. The highest BCUT2D eigenvalue weighted by atomic mass is 16.5. The van der Waals surface area contributed by atoms with Crippen molar-refractivity contribution in [3.05, 3.63) is 24.4 Å². The van der Waals surface area contributed by atoms with Gasteiger partial charge in [-0.2, -0.15) is 0 Å². The molecule has 2 heteroatoms. The van der Waals surface area contributed by atoms with Crippen LogP contribution in [0.25, 0.3) is 0 Å². The predicted octanol–water partition coefficient (Wildman–Crippen LogP) is 1.84. The second-order valence-corrected chi connectivity index (χ2v) is 3.01. The number of hydrogen-bond donors (Lipinski definition) is 1. The number of unbranched alkanes of at least 4 members (excludes halogenated alkanes) is 1. The highest BCUT2D eigenvalue weighted by Crippen LogP contribution is 2.05. The molecule has 0 fully saturated rings. The van der Waals surface area contributed by atoms with Crippen molar-refractivity contribution >= 4 is 0 Å². The predicted molar refractivity (Wildman–Crippen MR) is 50.9 cm³/mol. The van der Waals surface area contributed by atoms with Crippen LogP contribution in [0, 0.1) is 0 Å². The molecule has 0 aliphatic carbocycles. The molecule has 0 aromatic rings. The summed E-state index contributed by atoms with van der Waals surface area (Å²) in [6.45, 7) is 0.881. The minimum Gasteiger partial charge on any atom is -0.385 e. The summed E-state index contributed by atoms with van der Waals surface area (Å²) >= 11 is 0. The number of nitrogens with one attached hydrogen (secondary N) is 1. The third-order valence-corrected chi connectivity index (χ3v) is 1.97. The molecule has 0 amide bonds. The van der Waals surface area contributed by atoms with E-state index in [1.165, 1.54) is 12.8 Å². The highest BCUT2D eigenvalue weighted by molar-refractivity contribution is 5.11. The minimum atomic E-state index is 0.534. The zero-order valence-corrected chi connectivity index (χ0v) is 7.62. The van der Waals surface area contributed by atoms with Gasteiger partial charge in [-0.15, -0.1) is 0 Å². The van der Waals surface area contributed by atoms with Crippen LogP contribution in [-0.4, -0.2) is 19.8 Å². The third-order valence-electron chi connectivity index (χ3n) is 1.97. The lowest BCUT2D eigenvalue weighted by molar-refractivity contribution is 0.191. The van der Waals surface area contributed by atoms with Gasteiger partial charge in [-0.3, -0.25) is 0 Å². The summed E-state index contributed by atoms with van der Waals surface area (Å²) in [5, 5.41) is 3.29. The number of methoxy groups -OCH3 is 1. The van der Waals surface area contributed by atoms with E-state index < -0.39 is 0 Å². The van der Waals surface area contributed by atoms with Crippen molar-refractivity contribution in [3.8, 4) is 0 Å². The van der Waals surface area contributed by atoms with Crippen LogP contribution < -0.4 is 5.32 Å². The molecule has 0 saturated heterocycles. The second-order valence-electron chi connectivity index (χ2n) is 3.01. The number of dihydropyridines is 1. The Hall–Kier alpha value is -0.760. The number of ether oxygens (including phenoxy) is 1. The first-order valence-corrected chi connectivity index (χ1v) is 4.52. The first-order valence-electron chi connectivity index (χ1n) is 4.52.